The van der Waals surface area contributed by atoms with E-state index < -0.39 is 6.10 Å². The molecule has 8 nitrogen and oxygen atoms in total. The molecule has 4 N–H and O–H groups in total. The number of benzene rings is 2. The molecule has 1 aliphatic heterocycles. The van der Waals surface area contributed by atoms with Crippen LogP contribution in [0.2, 0.25) is 0 Å². The van der Waals surface area contributed by atoms with Gasteiger partial charge in [-0.3, -0.25) is 5.10 Å². The van der Waals surface area contributed by atoms with Crippen LogP contribution in [0.3, 0.4) is 0 Å². The van der Waals surface area contributed by atoms with E-state index in [0.29, 0.717) is 22.7 Å². The van der Waals surface area contributed by atoms with Crippen molar-refractivity contribution >= 4 is 22.5 Å². The number of aromatic nitrogens is 4. The molecule has 0 spiro atoms. The number of hydrogen-bond donors (Lipinski definition) is 4. The van der Waals surface area contributed by atoms with E-state index in [9.17, 15) is 9.50 Å². The maximum absolute atomic E-state index is 13.4. The highest BCUT2D eigenvalue weighted by atomic mass is 19.1. The molecule has 0 amide bonds. The molecule has 33 heavy (non-hydrogen) atoms. The SMILES string of the molecule is Cc1cc(Nc2nc(C(O)c3ccc(F)cc3)nc3cc(OC4CCNCC4)ccc23)n[nH]1. The Morgan fingerprint density at radius 2 is 1.88 bits per heavy atom. The first-order chi connectivity index (χ1) is 16.0. The van der Waals surface area contributed by atoms with E-state index in [1.165, 1.54) is 24.3 Å². The molecule has 5 rings (SSSR count). The number of aryl methyl sites for hydroxylation is 1. The fourth-order valence-electron chi connectivity index (χ4n) is 3.92. The summed E-state index contributed by atoms with van der Waals surface area (Å²) in [5.41, 5.74) is 2.03. The van der Waals surface area contributed by atoms with Gasteiger partial charge in [0, 0.05) is 23.2 Å². The average Bonchev–Trinajstić information content (AvgIpc) is 3.24. The highest BCUT2D eigenvalue weighted by molar-refractivity contribution is 5.91. The van der Waals surface area contributed by atoms with Crippen molar-refractivity contribution in [3.63, 3.8) is 0 Å². The molecule has 170 valence electrons. The first-order valence-electron chi connectivity index (χ1n) is 11.0. The lowest BCUT2D eigenvalue weighted by Gasteiger charge is -2.24. The Bertz CT molecular complexity index is 1250. The number of nitrogens with one attached hydrogen (secondary N) is 3. The molecule has 0 bridgehead atoms. The summed E-state index contributed by atoms with van der Waals surface area (Å²) < 4.78 is 19.5. The van der Waals surface area contributed by atoms with Crippen LogP contribution in [0.4, 0.5) is 16.0 Å². The lowest BCUT2D eigenvalue weighted by molar-refractivity contribution is 0.162. The van der Waals surface area contributed by atoms with Crippen LogP contribution < -0.4 is 15.4 Å². The van der Waals surface area contributed by atoms with Crippen molar-refractivity contribution in [3.05, 3.63) is 71.4 Å². The van der Waals surface area contributed by atoms with Crippen LogP contribution >= 0.6 is 0 Å². The molecule has 3 heterocycles. The molecular weight excluding hydrogens is 423 g/mol. The van der Waals surface area contributed by atoms with Gasteiger partial charge in [-0.15, -0.1) is 0 Å². The van der Waals surface area contributed by atoms with Crippen molar-refractivity contribution in [1.29, 1.82) is 0 Å². The maximum atomic E-state index is 13.4. The average molecular weight is 449 g/mol. The Morgan fingerprint density at radius 1 is 1.09 bits per heavy atom. The van der Waals surface area contributed by atoms with Crippen LogP contribution in [0.1, 0.15) is 36.0 Å². The third kappa shape index (κ3) is 4.79. The van der Waals surface area contributed by atoms with E-state index in [2.05, 4.69) is 30.8 Å². The monoisotopic (exact) mass is 448 g/mol. The largest absolute Gasteiger partial charge is 0.490 e. The highest BCUT2D eigenvalue weighted by Crippen LogP contribution is 2.30. The Balaban J connectivity index is 1.54. The molecule has 1 atom stereocenters. The number of aliphatic hydroxyl groups excluding tert-OH is 1. The number of piperidine rings is 1. The second kappa shape index (κ2) is 9.13. The van der Waals surface area contributed by atoms with Gasteiger partial charge in [-0.05, 0) is 62.7 Å². The fraction of sp³-hybridized carbons (Fsp3) is 0.292. The lowest BCUT2D eigenvalue weighted by Crippen LogP contribution is -2.34. The number of aromatic amines is 1. The number of anilines is 2. The third-order valence-electron chi connectivity index (χ3n) is 5.66. The third-order valence-corrected chi connectivity index (χ3v) is 5.66. The van der Waals surface area contributed by atoms with E-state index in [4.69, 9.17) is 4.74 Å². The normalized spacial score (nSPS) is 15.5. The maximum Gasteiger partial charge on any atom is 0.164 e. The molecule has 9 heteroatoms. The minimum Gasteiger partial charge on any atom is -0.490 e. The molecular formula is C24H25FN6O2. The molecule has 1 fully saturated rings. The Hall–Kier alpha value is -3.56. The summed E-state index contributed by atoms with van der Waals surface area (Å²) in [6, 6.07) is 13.2. The topological polar surface area (TPSA) is 108 Å². The van der Waals surface area contributed by atoms with Gasteiger partial charge in [0.1, 0.15) is 29.6 Å². The zero-order chi connectivity index (χ0) is 22.8. The zero-order valence-electron chi connectivity index (χ0n) is 18.2. The molecule has 0 saturated carbocycles. The van der Waals surface area contributed by atoms with Crippen molar-refractivity contribution in [2.45, 2.75) is 32.0 Å². The molecule has 1 saturated heterocycles. The van der Waals surface area contributed by atoms with Gasteiger partial charge in [-0.2, -0.15) is 5.10 Å². The first kappa shape index (κ1) is 21.3. The zero-order valence-corrected chi connectivity index (χ0v) is 18.2. The van der Waals surface area contributed by atoms with Crippen LogP contribution in [0, 0.1) is 12.7 Å². The summed E-state index contributed by atoms with van der Waals surface area (Å²) in [6.07, 6.45) is 0.924. The first-order valence-corrected chi connectivity index (χ1v) is 11.0. The van der Waals surface area contributed by atoms with Gasteiger partial charge in [0.25, 0.3) is 0 Å². The van der Waals surface area contributed by atoms with E-state index in [0.717, 1.165) is 42.8 Å². The fourth-order valence-corrected chi connectivity index (χ4v) is 3.92. The lowest BCUT2D eigenvalue weighted by atomic mass is 10.1. The smallest absolute Gasteiger partial charge is 0.164 e. The Labute approximate surface area is 190 Å². The van der Waals surface area contributed by atoms with Crippen LogP contribution in [-0.4, -0.2) is 44.5 Å². The van der Waals surface area contributed by atoms with Crippen LogP contribution in [0.25, 0.3) is 10.9 Å². The number of halogens is 1. The Morgan fingerprint density at radius 3 is 2.61 bits per heavy atom. The van der Waals surface area contributed by atoms with Gasteiger partial charge in [0.15, 0.2) is 11.6 Å². The van der Waals surface area contributed by atoms with Crippen molar-refractivity contribution in [3.8, 4) is 5.75 Å². The van der Waals surface area contributed by atoms with E-state index in [-0.39, 0.29) is 17.7 Å². The van der Waals surface area contributed by atoms with Gasteiger partial charge in [0.2, 0.25) is 0 Å². The van der Waals surface area contributed by atoms with Gasteiger partial charge in [-0.1, -0.05) is 12.1 Å². The number of rotatable bonds is 6. The summed E-state index contributed by atoms with van der Waals surface area (Å²) in [5.74, 6) is 1.65. The van der Waals surface area contributed by atoms with E-state index in [1.54, 1.807) is 0 Å². The van der Waals surface area contributed by atoms with Crippen molar-refractivity contribution in [2.75, 3.05) is 18.4 Å². The highest BCUT2D eigenvalue weighted by Gasteiger charge is 2.19. The van der Waals surface area contributed by atoms with Crippen molar-refractivity contribution in [2.24, 2.45) is 0 Å². The van der Waals surface area contributed by atoms with Crippen molar-refractivity contribution in [1.82, 2.24) is 25.5 Å². The minimum atomic E-state index is -1.12. The number of fused-ring (bicyclic) bond motifs is 1. The van der Waals surface area contributed by atoms with Gasteiger partial charge in [-0.25, -0.2) is 14.4 Å². The molecule has 2 aromatic heterocycles. The van der Waals surface area contributed by atoms with Crippen LogP contribution in [0.5, 0.6) is 5.75 Å². The second-order valence-electron chi connectivity index (χ2n) is 8.19. The summed E-state index contributed by atoms with van der Waals surface area (Å²) in [4.78, 5) is 9.20. The molecule has 2 aromatic carbocycles. The predicted octanol–water partition coefficient (Wildman–Crippen LogP) is 3.76. The Kier molecular flexibility index (Phi) is 5.89. The van der Waals surface area contributed by atoms with Gasteiger partial charge in [0.05, 0.1) is 5.52 Å². The van der Waals surface area contributed by atoms with Gasteiger partial charge < -0.3 is 20.5 Å². The molecule has 1 unspecified atom stereocenters. The number of nitrogens with zero attached hydrogens (tertiary/aromatic N) is 3. The number of ether oxygens (including phenoxy) is 1. The van der Waals surface area contributed by atoms with Crippen LogP contribution in [0.15, 0.2) is 48.5 Å². The number of hydrogen-bond acceptors (Lipinski definition) is 7. The summed E-state index contributed by atoms with van der Waals surface area (Å²) in [5, 5.41) is 25.4. The van der Waals surface area contributed by atoms with Crippen LogP contribution in [-0.2, 0) is 0 Å². The molecule has 1 aliphatic rings. The summed E-state index contributed by atoms with van der Waals surface area (Å²) >= 11 is 0. The molecule has 4 aromatic rings. The van der Waals surface area contributed by atoms with E-state index in [1.807, 2.05) is 31.2 Å². The summed E-state index contributed by atoms with van der Waals surface area (Å²) in [6.45, 7) is 3.78. The minimum absolute atomic E-state index is 0.152. The van der Waals surface area contributed by atoms with E-state index >= 15 is 0 Å². The molecule has 0 radical (unpaired) electrons. The quantitative estimate of drug-likeness (QED) is 0.356. The molecule has 0 aliphatic carbocycles. The second-order valence-corrected chi connectivity index (χ2v) is 8.19. The van der Waals surface area contributed by atoms with Crippen molar-refractivity contribution < 1.29 is 14.2 Å². The number of H-pyrrole nitrogens is 1. The number of aliphatic hydroxyl groups is 1. The predicted molar refractivity (Wildman–Crippen MR) is 123 cm³/mol. The summed E-state index contributed by atoms with van der Waals surface area (Å²) in [7, 11) is 0. The van der Waals surface area contributed by atoms with Gasteiger partial charge >= 0.3 is 0 Å². The standard InChI is InChI=1S/C24H25FN6O2/c1-14-12-21(31-30-14)28-23-19-7-6-18(33-17-8-10-26-11-9-17)13-20(19)27-24(29-23)22(32)15-2-4-16(25)5-3-15/h2-7,12-13,17,22,26,32H,8-11H2,1H3,(H2,27,28,29,30,31).